The van der Waals surface area contributed by atoms with Crippen LogP contribution in [-0.4, -0.2) is 19.8 Å². The maximum atomic E-state index is 13.2. The summed E-state index contributed by atoms with van der Waals surface area (Å²) >= 11 is 0. The first-order chi connectivity index (χ1) is 7.66. The van der Waals surface area contributed by atoms with Crippen LogP contribution in [0.1, 0.15) is 25.3 Å². The van der Waals surface area contributed by atoms with Crippen molar-refractivity contribution in [1.29, 1.82) is 0 Å². The molecular weight excluding hydrogens is 205 g/mol. The molecule has 1 aromatic carbocycles. The van der Waals surface area contributed by atoms with Gasteiger partial charge in [-0.1, -0.05) is 12.1 Å². The Morgan fingerprint density at radius 1 is 1.50 bits per heavy atom. The van der Waals surface area contributed by atoms with Crippen molar-refractivity contribution in [2.24, 2.45) is 0 Å². The second kappa shape index (κ2) is 4.52. The van der Waals surface area contributed by atoms with Gasteiger partial charge in [-0.2, -0.15) is 0 Å². The molecule has 1 aromatic rings. The van der Waals surface area contributed by atoms with Crippen molar-refractivity contribution in [1.82, 2.24) is 5.32 Å². The minimum atomic E-state index is -0.162. The Morgan fingerprint density at radius 2 is 2.25 bits per heavy atom. The minimum absolute atomic E-state index is 0.0138. The van der Waals surface area contributed by atoms with E-state index < -0.39 is 0 Å². The molecule has 0 radical (unpaired) electrons. The first kappa shape index (κ1) is 11.6. The second-order valence-corrected chi connectivity index (χ2v) is 4.59. The summed E-state index contributed by atoms with van der Waals surface area (Å²) < 4.78 is 18.3. The van der Waals surface area contributed by atoms with Gasteiger partial charge in [0.25, 0.3) is 0 Å². The Hall–Kier alpha value is -0.930. The third kappa shape index (κ3) is 2.42. The van der Waals surface area contributed by atoms with Gasteiger partial charge in [0.15, 0.2) is 0 Å². The maximum Gasteiger partial charge on any atom is 0.123 e. The van der Waals surface area contributed by atoms with Crippen LogP contribution >= 0.6 is 0 Å². The first-order valence-electron chi connectivity index (χ1n) is 5.69. The molecule has 1 N–H and O–H groups in total. The lowest BCUT2D eigenvalue weighted by molar-refractivity contribution is 0.164. The van der Waals surface area contributed by atoms with Crippen molar-refractivity contribution in [3.8, 4) is 0 Å². The van der Waals surface area contributed by atoms with E-state index in [0.717, 1.165) is 18.4 Å². The molecule has 0 spiro atoms. The molecule has 1 unspecified atom stereocenters. The summed E-state index contributed by atoms with van der Waals surface area (Å²) in [5.41, 5.74) is 1.04. The molecule has 2 rings (SSSR count). The van der Waals surface area contributed by atoms with Gasteiger partial charge >= 0.3 is 0 Å². The van der Waals surface area contributed by atoms with E-state index in [2.05, 4.69) is 12.2 Å². The van der Waals surface area contributed by atoms with Crippen molar-refractivity contribution < 1.29 is 9.13 Å². The van der Waals surface area contributed by atoms with E-state index in [1.807, 2.05) is 6.07 Å². The molecule has 88 valence electrons. The average Bonchev–Trinajstić information content (AvgIpc) is 2.99. The van der Waals surface area contributed by atoms with Gasteiger partial charge in [-0.15, -0.1) is 0 Å². The smallest absolute Gasteiger partial charge is 0.123 e. The highest BCUT2D eigenvalue weighted by Crippen LogP contribution is 2.45. The van der Waals surface area contributed by atoms with Gasteiger partial charge in [-0.25, -0.2) is 4.39 Å². The van der Waals surface area contributed by atoms with Crippen LogP contribution in [0.3, 0.4) is 0 Å². The summed E-state index contributed by atoms with van der Waals surface area (Å²) in [5, 5.41) is 3.52. The highest BCUT2D eigenvalue weighted by molar-refractivity contribution is 5.30. The van der Waals surface area contributed by atoms with Gasteiger partial charge in [0.05, 0.1) is 6.61 Å². The van der Waals surface area contributed by atoms with Gasteiger partial charge in [-0.3, -0.25) is 0 Å². The van der Waals surface area contributed by atoms with Gasteiger partial charge in [0.1, 0.15) is 5.82 Å². The summed E-state index contributed by atoms with van der Waals surface area (Å²) in [6.45, 7) is 2.76. The standard InChI is InChI=1S/C13H18FNO/c1-10(9-16-2)15-13(6-7-13)11-4-3-5-12(14)8-11/h3-5,8,10,15H,6-7,9H2,1-2H3. The Balaban J connectivity index is 2.08. The number of ether oxygens (including phenoxy) is 1. The SMILES string of the molecule is COCC(C)NC1(c2cccc(F)c2)CC1. The molecule has 16 heavy (non-hydrogen) atoms. The number of benzene rings is 1. The largest absolute Gasteiger partial charge is 0.383 e. The lowest BCUT2D eigenvalue weighted by atomic mass is 10.0. The number of halogens is 1. The number of methoxy groups -OCH3 is 1. The van der Waals surface area contributed by atoms with Gasteiger partial charge in [-0.05, 0) is 37.5 Å². The topological polar surface area (TPSA) is 21.3 Å². The van der Waals surface area contributed by atoms with Crippen LogP contribution in [0.2, 0.25) is 0 Å². The molecule has 0 bridgehead atoms. The zero-order chi connectivity index (χ0) is 11.6. The molecule has 0 saturated heterocycles. The molecule has 2 nitrogen and oxygen atoms in total. The van der Waals surface area contributed by atoms with E-state index in [9.17, 15) is 4.39 Å². The number of rotatable bonds is 5. The van der Waals surface area contributed by atoms with E-state index in [1.54, 1.807) is 19.2 Å². The first-order valence-corrected chi connectivity index (χ1v) is 5.69. The molecule has 1 aliphatic rings. The highest BCUT2D eigenvalue weighted by atomic mass is 19.1. The molecule has 0 aliphatic heterocycles. The summed E-state index contributed by atoms with van der Waals surface area (Å²) in [6, 6.07) is 7.16. The van der Waals surface area contributed by atoms with Crippen LogP contribution in [-0.2, 0) is 10.3 Å². The molecule has 1 aliphatic carbocycles. The number of nitrogens with one attached hydrogen (secondary N) is 1. The maximum absolute atomic E-state index is 13.2. The second-order valence-electron chi connectivity index (χ2n) is 4.59. The third-order valence-electron chi connectivity index (χ3n) is 3.07. The van der Waals surface area contributed by atoms with Crippen LogP contribution in [0.25, 0.3) is 0 Å². The fraction of sp³-hybridized carbons (Fsp3) is 0.538. The molecule has 1 atom stereocenters. The molecule has 0 aromatic heterocycles. The van der Waals surface area contributed by atoms with Crippen molar-refractivity contribution >= 4 is 0 Å². The van der Waals surface area contributed by atoms with Crippen LogP contribution in [0.4, 0.5) is 4.39 Å². The van der Waals surface area contributed by atoms with Crippen LogP contribution in [0, 0.1) is 5.82 Å². The summed E-state index contributed by atoms with van der Waals surface area (Å²) in [5.74, 6) is -0.162. The molecule has 3 heteroatoms. The Bertz CT molecular complexity index is 363. The minimum Gasteiger partial charge on any atom is -0.383 e. The van der Waals surface area contributed by atoms with Gasteiger partial charge < -0.3 is 10.1 Å². The summed E-state index contributed by atoms with van der Waals surface area (Å²) in [4.78, 5) is 0. The fourth-order valence-electron chi connectivity index (χ4n) is 2.19. The molecule has 0 heterocycles. The van der Waals surface area contributed by atoms with Crippen LogP contribution < -0.4 is 5.32 Å². The van der Waals surface area contributed by atoms with E-state index in [4.69, 9.17) is 4.74 Å². The summed E-state index contributed by atoms with van der Waals surface area (Å²) in [7, 11) is 1.69. The predicted molar refractivity (Wildman–Crippen MR) is 61.8 cm³/mol. The Kier molecular flexibility index (Phi) is 3.26. The predicted octanol–water partition coefficient (Wildman–Crippen LogP) is 2.44. The zero-order valence-corrected chi connectivity index (χ0v) is 9.79. The molecule has 1 saturated carbocycles. The van der Waals surface area contributed by atoms with E-state index in [0.29, 0.717) is 6.61 Å². The monoisotopic (exact) mass is 223 g/mol. The average molecular weight is 223 g/mol. The van der Waals surface area contributed by atoms with Crippen LogP contribution in [0.5, 0.6) is 0 Å². The van der Waals surface area contributed by atoms with Gasteiger partial charge in [0.2, 0.25) is 0 Å². The van der Waals surface area contributed by atoms with E-state index in [-0.39, 0.29) is 17.4 Å². The Morgan fingerprint density at radius 3 is 2.81 bits per heavy atom. The fourth-order valence-corrected chi connectivity index (χ4v) is 2.19. The Labute approximate surface area is 95.8 Å². The number of hydrogen-bond acceptors (Lipinski definition) is 2. The van der Waals surface area contributed by atoms with E-state index >= 15 is 0 Å². The molecule has 1 fully saturated rings. The molecular formula is C13H18FNO. The van der Waals surface area contributed by atoms with Gasteiger partial charge in [0, 0.05) is 18.7 Å². The van der Waals surface area contributed by atoms with Crippen molar-refractivity contribution in [2.75, 3.05) is 13.7 Å². The highest BCUT2D eigenvalue weighted by Gasteiger charge is 2.44. The quantitative estimate of drug-likeness (QED) is 0.827. The lowest BCUT2D eigenvalue weighted by Crippen LogP contribution is -2.39. The van der Waals surface area contributed by atoms with Crippen LogP contribution in [0.15, 0.2) is 24.3 Å². The normalized spacial score (nSPS) is 19.4. The lowest BCUT2D eigenvalue weighted by Gasteiger charge is -2.23. The van der Waals surface area contributed by atoms with Crippen molar-refractivity contribution in [3.63, 3.8) is 0 Å². The summed E-state index contributed by atoms with van der Waals surface area (Å²) in [6.07, 6.45) is 2.15. The van der Waals surface area contributed by atoms with E-state index in [1.165, 1.54) is 6.07 Å². The third-order valence-corrected chi connectivity index (χ3v) is 3.07. The van der Waals surface area contributed by atoms with Crippen molar-refractivity contribution in [3.05, 3.63) is 35.6 Å². The number of hydrogen-bond donors (Lipinski definition) is 1. The molecule has 0 amide bonds. The zero-order valence-electron chi connectivity index (χ0n) is 9.79. The van der Waals surface area contributed by atoms with Crippen molar-refractivity contribution in [2.45, 2.75) is 31.3 Å².